The second-order valence-corrected chi connectivity index (χ2v) is 5.50. The van der Waals surface area contributed by atoms with Gasteiger partial charge in [0.15, 0.2) is 0 Å². The summed E-state index contributed by atoms with van der Waals surface area (Å²) >= 11 is 0. The molecule has 1 aliphatic rings. The molecule has 1 unspecified atom stereocenters. The van der Waals surface area contributed by atoms with Gasteiger partial charge in [0.05, 0.1) is 0 Å². The Kier molecular flexibility index (Phi) is 4.61. The van der Waals surface area contributed by atoms with E-state index in [2.05, 4.69) is 24.1 Å². The fourth-order valence-corrected chi connectivity index (χ4v) is 2.54. The Hall–Kier alpha value is -1.06. The zero-order valence-electron chi connectivity index (χ0n) is 11.4. The molecular weight excluding hydrogens is 224 g/mol. The fraction of sp³-hybridized carbons (Fsp3) is 0.600. The predicted molar refractivity (Wildman–Crippen MR) is 74.7 cm³/mol. The molecule has 1 saturated heterocycles. The number of phenols is 1. The molecule has 1 aromatic carbocycles. The minimum Gasteiger partial charge on any atom is -0.508 e. The van der Waals surface area contributed by atoms with E-state index in [0.717, 1.165) is 13.1 Å². The summed E-state index contributed by atoms with van der Waals surface area (Å²) in [6, 6.07) is 8.78. The highest BCUT2D eigenvalue weighted by molar-refractivity contribution is 5.25. The van der Waals surface area contributed by atoms with Crippen LogP contribution in [0.5, 0.6) is 5.75 Å². The number of hydrogen-bond acceptors (Lipinski definition) is 3. The van der Waals surface area contributed by atoms with Gasteiger partial charge >= 0.3 is 0 Å². The van der Waals surface area contributed by atoms with Crippen LogP contribution in [0.3, 0.4) is 0 Å². The first kappa shape index (κ1) is 13.4. The number of hydrogen-bond donors (Lipinski definition) is 2. The number of phenolic OH excluding ortho intramolecular Hbond substituents is 1. The van der Waals surface area contributed by atoms with E-state index in [-0.39, 0.29) is 0 Å². The van der Waals surface area contributed by atoms with E-state index in [4.69, 9.17) is 0 Å². The van der Waals surface area contributed by atoms with Gasteiger partial charge in [0, 0.05) is 25.2 Å². The van der Waals surface area contributed by atoms with Gasteiger partial charge in [0.1, 0.15) is 5.75 Å². The van der Waals surface area contributed by atoms with Crippen molar-refractivity contribution in [3.8, 4) is 5.75 Å². The minimum atomic E-state index is 0.346. The Morgan fingerprint density at radius 1 is 1.33 bits per heavy atom. The zero-order valence-corrected chi connectivity index (χ0v) is 11.4. The van der Waals surface area contributed by atoms with Crippen molar-refractivity contribution in [1.29, 1.82) is 0 Å². The van der Waals surface area contributed by atoms with Gasteiger partial charge in [-0.05, 0) is 37.1 Å². The Morgan fingerprint density at radius 3 is 2.72 bits per heavy atom. The van der Waals surface area contributed by atoms with E-state index >= 15 is 0 Å². The molecule has 0 aliphatic carbocycles. The summed E-state index contributed by atoms with van der Waals surface area (Å²) in [5, 5.41) is 12.8. The summed E-state index contributed by atoms with van der Waals surface area (Å²) in [6.45, 7) is 7.64. The van der Waals surface area contributed by atoms with Gasteiger partial charge < -0.3 is 10.4 Å². The summed E-state index contributed by atoms with van der Waals surface area (Å²) in [6.07, 6.45) is 2.58. The molecule has 2 rings (SSSR count). The molecule has 0 bridgehead atoms. The maximum Gasteiger partial charge on any atom is 0.115 e. The number of rotatable bonds is 5. The lowest BCUT2D eigenvalue weighted by Gasteiger charge is -2.25. The molecule has 0 amide bonds. The molecule has 0 radical (unpaired) electrons. The summed E-state index contributed by atoms with van der Waals surface area (Å²) < 4.78 is 0. The third kappa shape index (κ3) is 3.72. The van der Waals surface area contributed by atoms with E-state index in [9.17, 15) is 5.11 Å². The number of likely N-dealkylation sites (tertiary alicyclic amines) is 1. The van der Waals surface area contributed by atoms with Gasteiger partial charge in [-0.2, -0.15) is 0 Å². The molecule has 3 nitrogen and oxygen atoms in total. The predicted octanol–water partition coefficient (Wildman–Crippen LogP) is 2.35. The highest BCUT2D eigenvalue weighted by atomic mass is 16.3. The van der Waals surface area contributed by atoms with Gasteiger partial charge in [0.2, 0.25) is 0 Å². The summed E-state index contributed by atoms with van der Waals surface area (Å²) in [5.74, 6) is 0.346. The first-order valence-corrected chi connectivity index (χ1v) is 6.90. The highest BCUT2D eigenvalue weighted by Crippen LogP contribution is 2.20. The zero-order chi connectivity index (χ0) is 13.0. The summed E-state index contributed by atoms with van der Waals surface area (Å²) in [4.78, 5) is 2.54. The second kappa shape index (κ2) is 6.21. The van der Waals surface area contributed by atoms with E-state index in [1.54, 1.807) is 12.1 Å². The van der Waals surface area contributed by atoms with Crippen molar-refractivity contribution >= 4 is 0 Å². The topological polar surface area (TPSA) is 35.5 Å². The molecule has 0 aromatic heterocycles. The van der Waals surface area contributed by atoms with Crippen LogP contribution in [0.1, 0.15) is 32.3 Å². The monoisotopic (exact) mass is 248 g/mol. The normalized spacial score (nSPS) is 20.7. The second-order valence-electron chi connectivity index (χ2n) is 5.50. The lowest BCUT2D eigenvalue weighted by molar-refractivity contribution is 0.236. The van der Waals surface area contributed by atoms with Crippen molar-refractivity contribution in [1.82, 2.24) is 10.2 Å². The van der Waals surface area contributed by atoms with Crippen molar-refractivity contribution in [3.63, 3.8) is 0 Å². The van der Waals surface area contributed by atoms with Crippen LogP contribution in [0.25, 0.3) is 0 Å². The molecule has 1 aliphatic heterocycles. The van der Waals surface area contributed by atoms with Crippen LogP contribution in [-0.2, 0) is 6.54 Å². The average Bonchev–Trinajstić information content (AvgIpc) is 2.77. The van der Waals surface area contributed by atoms with Gasteiger partial charge in [-0.3, -0.25) is 4.90 Å². The first-order chi connectivity index (χ1) is 8.65. The first-order valence-electron chi connectivity index (χ1n) is 6.90. The maximum atomic E-state index is 9.29. The van der Waals surface area contributed by atoms with Crippen molar-refractivity contribution in [2.24, 2.45) is 0 Å². The fourth-order valence-electron chi connectivity index (χ4n) is 2.54. The SMILES string of the molecule is CC(C)NCC1CCCN1Cc1ccc(O)cc1. The number of aromatic hydroxyl groups is 1. The number of nitrogens with one attached hydrogen (secondary N) is 1. The lowest BCUT2D eigenvalue weighted by atomic mass is 10.1. The van der Waals surface area contributed by atoms with Gasteiger partial charge in [-0.15, -0.1) is 0 Å². The number of nitrogens with zero attached hydrogens (tertiary/aromatic N) is 1. The lowest BCUT2D eigenvalue weighted by Crippen LogP contribution is -2.39. The Bertz CT molecular complexity index is 361. The van der Waals surface area contributed by atoms with E-state index < -0.39 is 0 Å². The van der Waals surface area contributed by atoms with E-state index in [1.807, 2.05) is 12.1 Å². The molecule has 2 N–H and O–H groups in total. The average molecular weight is 248 g/mol. The van der Waals surface area contributed by atoms with Gasteiger partial charge in [-0.25, -0.2) is 0 Å². The highest BCUT2D eigenvalue weighted by Gasteiger charge is 2.24. The van der Waals surface area contributed by atoms with Crippen molar-refractivity contribution in [2.45, 2.75) is 45.3 Å². The van der Waals surface area contributed by atoms with Crippen LogP contribution in [0.15, 0.2) is 24.3 Å². The quantitative estimate of drug-likeness (QED) is 0.839. The number of benzene rings is 1. The maximum absolute atomic E-state index is 9.29. The Balaban J connectivity index is 1.89. The molecule has 1 aromatic rings. The summed E-state index contributed by atoms with van der Waals surface area (Å²) in [5.41, 5.74) is 1.28. The molecule has 0 spiro atoms. The van der Waals surface area contributed by atoms with Crippen LogP contribution < -0.4 is 5.32 Å². The standard InChI is InChI=1S/C15H24N2O/c1-12(2)16-10-14-4-3-9-17(14)11-13-5-7-15(18)8-6-13/h5-8,12,14,16,18H,3-4,9-11H2,1-2H3. The van der Waals surface area contributed by atoms with Crippen LogP contribution in [0.2, 0.25) is 0 Å². The molecule has 0 saturated carbocycles. The van der Waals surface area contributed by atoms with Crippen LogP contribution in [0, 0.1) is 0 Å². The molecule has 1 atom stereocenters. The van der Waals surface area contributed by atoms with E-state index in [0.29, 0.717) is 17.8 Å². The van der Waals surface area contributed by atoms with Crippen molar-refractivity contribution in [2.75, 3.05) is 13.1 Å². The van der Waals surface area contributed by atoms with Crippen LogP contribution >= 0.6 is 0 Å². The largest absolute Gasteiger partial charge is 0.508 e. The van der Waals surface area contributed by atoms with Crippen molar-refractivity contribution in [3.05, 3.63) is 29.8 Å². The van der Waals surface area contributed by atoms with Gasteiger partial charge in [-0.1, -0.05) is 26.0 Å². The Morgan fingerprint density at radius 2 is 2.06 bits per heavy atom. The van der Waals surface area contributed by atoms with Crippen LogP contribution in [0.4, 0.5) is 0 Å². The van der Waals surface area contributed by atoms with Gasteiger partial charge in [0.25, 0.3) is 0 Å². The molecule has 1 heterocycles. The minimum absolute atomic E-state index is 0.346. The molecular formula is C15H24N2O. The Labute approximate surface area is 110 Å². The van der Waals surface area contributed by atoms with Crippen molar-refractivity contribution < 1.29 is 5.11 Å². The molecule has 1 fully saturated rings. The molecule has 100 valence electrons. The molecule has 18 heavy (non-hydrogen) atoms. The molecule has 3 heteroatoms. The third-order valence-corrected chi connectivity index (χ3v) is 3.58. The van der Waals surface area contributed by atoms with Crippen LogP contribution in [-0.4, -0.2) is 35.2 Å². The smallest absolute Gasteiger partial charge is 0.115 e. The third-order valence-electron chi connectivity index (χ3n) is 3.58. The van der Waals surface area contributed by atoms with E-state index in [1.165, 1.54) is 24.9 Å². The summed E-state index contributed by atoms with van der Waals surface area (Å²) in [7, 11) is 0.